The lowest BCUT2D eigenvalue weighted by Gasteiger charge is -2.36. The van der Waals surface area contributed by atoms with Crippen LogP contribution in [0.25, 0.3) is 0 Å². The van der Waals surface area contributed by atoms with E-state index in [-0.39, 0.29) is 6.03 Å². The summed E-state index contributed by atoms with van der Waals surface area (Å²) in [6.07, 6.45) is -4.36. The number of rotatable bonds is 2. The van der Waals surface area contributed by atoms with Crippen LogP contribution in [0.2, 0.25) is 0 Å². The minimum atomic E-state index is -4.36. The Morgan fingerprint density at radius 3 is 2.33 bits per heavy atom. The van der Waals surface area contributed by atoms with E-state index < -0.39 is 11.7 Å². The van der Waals surface area contributed by atoms with Crippen LogP contribution in [-0.2, 0) is 6.18 Å². The number of anilines is 2. The molecule has 4 nitrogen and oxygen atoms in total. The fourth-order valence-electron chi connectivity index (χ4n) is 3.13. The van der Waals surface area contributed by atoms with Gasteiger partial charge in [-0.15, -0.1) is 0 Å². The Bertz CT molecular complexity index is 827. The van der Waals surface area contributed by atoms with Crippen molar-refractivity contribution < 1.29 is 18.0 Å². The zero-order valence-electron chi connectivity index (χ0n) is 15.3. The Morgan fingerprint density at radius 2 is 1.67 bits per heavy atom. The molecule has 0 unspecified atom stereocenters. The quantitative estimate of drug-likeness (QED) is 0.825. The molecule has 1 heterocycles. The summed E-state index contributed by atoms with van der Waals surface area (Å²) >= 11 is 0. The van der Waals surface area contributed by atoms with Gasteiger partial charge in [0.25, 0.3) is 0 Å². The smallest absolute Gasteiger partial charge is 0.368 e. The van der Waals surface area contributed by atoms with Crippen molar-refractivity contribution in [1.29, 1.82) is 0 Å². The maximum Gasteiger partial charge on any atom is 0.416 e. The van der Waals surface area contributed by atoms with E-state index in [9.17, 15) is 18.0 Å². The molecule has 3 rings (SSSR count). The van der Waals surface area contributed by atoms with Gasteiger partial charge in [0.05, 0.1) is 5.56 Å². The topological polar surface area (TPSA) is 35.6 Å². The molecule has 27 heavy (non-hydrogen) atoms. The highest BCUT2D eigenvalue weighted by atomic mass is 19.4. The van der Waals surface area contributed by atoms with Gasteiger partial charge in [-0.2, -0.15) is 13.2 Å². The summed E-state index contributed by atoms with van der Waals surface area (Å²) < 4.78 is 38.7. The molecule has 1 aliphatic rings. The lowest BCUT2D eigenvalue weighted by Crippen LogP contribution is -2.50. The molecule has 144 valence electrons. The minimum absolute atomic E-state index is 0.188. The number of benzene rings is 2. The Balaban J connectivity index is 1.62. The lowest BCUT2D eigenvalue weighted by atomic mass is 10.1. The molecule has 2 amide bonds. The molecule has 1 saturated heterocycles. The molecule has 1 fully saturated rings. The highest BCUT2D eigenvalue weighted by molar-refractivity contribution is 5.90. The van der Waals surface area contributed by atoms with E-state index in [0.29, 0.717) is 31.9 Å². The summed E-state index contributed by atoms with van der Waals surface area (Å²) in [7, 11) is 0. The fourth-order valence-corrected chi connectivity index (χ4v) is 3.13. The van der Waals surface area contributed by atoms with Crippen molar-refractivity contribution in [2.24, 2.45) is 0 Å². The number of nitrogens with zero attached hydrogens (tertiary/aromatic N) is 2. The highest BCUT2D eigenvalue weighted by Gasteiger charge is 2.31. The fraction of sp³-hybridized carbons (Fsp3) is 0.350. The SMILES string of the molecule is Cc1cccc(NC(=O)N2CCN(c3cccc(C(F)(F)F)c3)CC2)c1C. The third-order valence-electron chi connectivity index (χ3n) is 4.95. The average Bonchev–Trinajstić information content (AvgIpc) is 2.65. The molecule has 0 aliphatic carbocycles. The Hall–Kier alpha value is -2.70. The summed E-state index contributed by atoms with van der Waals surface area (Å²) in [5, 5.41) is 2.92. The predicted molar refractivity (Wildman–Crippen MR) is 100 cm³/mol. The molecular weight excluding hydrogens is 355 g/mol. The number of urea groups is 1. The number of carbonyl (C=O) groups is 1. The molecule has 0 atom stereocenters. The van der Waals surface area contributed by atoms with E-state index in [2.05, 4.69) is 5.32 Å². The van der Waals surface area contributed by atoms with Crippen molar-refractivity contribution in [2.75, 3.05) is 36.4 Å². The maximum absolute atomic E-state index is 12.9. The largest absolute Gasteiger partial charge is 0.416 e. The molecule has 1 N–H and O–H groups in total. The van der Waals surface area contributed by atoms with Gasteiger partial charge in [0.2, 0.25) is 0 Å². The van der Waals surface area contributed by atoms with E-state index in [1.54, 1.807) is 11.0 Å². The van der Waals surface area contributed by atoms with Crippen LogP contribution in [0.5, 0.6) is 0 Å². The maximum atomic E-state index is 12.9. The number of amides is 2. The summed E-state index contributed by atoms with van der Waals surface area (Å²) in [5.74, 6) is 0. The molecule has 0 saturated carbocycles. The van der Waals surface area contributed by atoms with Crippen molar-refractivity contribution in [3.05, 3.63) is 59.2 Å². The van der Waals surface area contributed by atoms with Gasteiger partial charge < -0.3 is 15.1 Å². The summed E-state index contributed by atoms with van der Waals surface area (Å²) in [5.41, 5.74) is 2.77. The van der Waals surface area contributed by atoms with Gasteiger partial charge >= 0.3 is 12.2 Å². The van der Waals surface area contributed by atoms with Crippen molar-refractivity contribution in [3.63, 3.8) is 0 Å². The van der Waals surface area contributed by atoms with Crippen molar-refractivity contribution >= 4 is 17.4 Å². The second-order valence-electron chi connectivity index (χ2n) is 6.70. The van der Waals surface area contributed by atoms with E-state index in [1.807, 2.05) is 36.9 Å². The van der Waals surface area contributed by atoms with Crippen LogP contribution >= 0.6 is 0 Å². The molecule has 0 spiro atoms. The molecule has 0 bridgehead atoms. The first kappa shape index (κ1) is 19.1. The average molecular weight is 377 g/mol. The van der Waals surface area contributed by atoms with Crippen LogP contribution in [-0.4, -0.2) is 37.1 Å². The Morgan fingerprint density at radius 1 is 1.00 bits per heavy atom. The first-order valence-electron chi connectivity index (χ1n) is 8.80. The highest BCUT2D eigenvalue weighted by Crippen LogP contribution is 2.32. The molecule has 2 aromatic carbocycles. The predicted octanol–water partition coefficient (Wildman–Crippen LogP) is 4.68. The van der Waals surface area contributed by atoms with Gasteiger partial charge in [-0.3, -0.25) is 0 Å². The van der Waals surface area contributed by atoms with Crippen LogP contribution in [0.15, 0.2) is 42.5 Å². The van der Waals surface area contributed by atoms with Gasteiger partial charge in [-0.05, 0) is 49.2 Å². The minimum Gasteiger partial charge on any atom is -0.368 e. The first-order chi connectivity index (χ1) is 12.8. The Kier molecular flexibility index (Phi) is 5.30. The number of alkyl halides is 3. The number of hydrogen-bond acceptors (Lipinski definition) is 2. The van der Waals surface area contributed by atoms with Crippen LogP contribution in [0.3, 0.4) is 0 Å². The van der Waals surface area contributed by atoms with Gasteiger partial charge in [0.15, 0.2) is 0 Å². The standard InChI is InChI=1S/C20H22F3N3O/c1-14-5-3-8-18(15(14)2)24-19(27)26-11-9-25(10-12-26)17-7-4-6-16(13-17)20(21,22)23/h3-8,13H,9-12H2,1-2H3,(H,24,27). The van der Waals surface area contributed by atoms with Crippen LogP contribution < -0.4 is 10.2 Å². The van der Waals surface area contributed by atoms with Gasteiger partial charge in [0.1, 0.15) is 0 Å². The number of aryl methyl sites for hydroxylation is 1. The monoisotopic (exact) mass is 377 g/mol. The zero-order valence-corrected chi connectivity index (χ0v) is 15.3. The first-order valence-corrected chi connectivity index (χ1v) is 8.80. The summed E-state index contributed by atoms with van der Waals surface area (Å²) in [6, 6.07) is 10.9. The summed E-state index contributed by atoms with van der Waals surface area (Å²) in [4.78, 5) is 16.1. The van der Waals surface area contributed by atoms with Crippen molar-refractivity contribution in [2.45, 2.75) is 20.0 Å². The lowest BCUT2D eigenvalue weighted by molar-refractivity contribution is -0.137. The second kappa shape index (κ2) is 7.50. The normalized spacial score (nSPS) is 15.0. The molecular formula is C20H22F3N3O. The number of piperazine rings is 1. The van der Waals surface area contributed by atoms with E-state index in [4.69, 9.17) is 0 Å². The second-order valence-corrected chi connectivity index (χ2v) is 6.70. The van der Waals surface area contributed by atoms with Crippen LogP contribution in [0.4, 0.5) is 29.3 Å². The molecule has 2 aromatic rings. The number of nitrogens with one attached hydrogen (secondary N) is 1. The molecule has 0 aromatic heterocycles. The number of hydrogen-bond donors (Lipinski definition) is 1. The third-order valence-corrected chi connectivity index (χ3v) is 4.95. The summed E-state index contributed by atoms with van der Waals surface area (Å²) in [6.45, 7) is 5.82. The number of carbonyl (C=O) groups excluding carboxylic acids is 1. The van der Waals surface area contributed by atoms with Gasteiger partial charge in [-0.25, -0.2) is 4.79 Å². The molecule has 1 aliphatic heterocycles. The number of halogens is 3. The van der Waals surface area contributed by atoms with E-state index in [1.165, 1.54) is 6.07 Å². The van der Waals surface area contributed by atoms with E-state index >= 15 is 0 Å². The van der Waals surface area contributed by atoms with Gasteiger partial charge in [0, 0.05) is 37.6 Å². The van der Waals surface area contributed by atoms with Crippen molar-refractivity contribution in [3.8, 4) is 0 Å². The van der Waals surface area contributed by atoms with Crippen LogP contribution in [0.1, 0.15) is 16.7 Å². The van der Waals surface area contributed by atoms with Crippen molar-refractivity contribution in [1.82, 2.24) is 4.90 Å². The Labute approximate surface area is 156 Å². The third kappa shape index (κ3) is 4.35. The van der Waals surface area contributed by atoms with Gasteiger partial charge in [-0.1, -0.05) is 18.2 Å². The molecule has 7 heteroatoms. The van der Waals surface area contributed by atoms with E-state index in [0.717, 1.165) is 28.9 Å². The zero-order chi connectivity index (χ0) is 19.6. The van der Waals surface area contributed by atoms with Crippen LogP contribution in [0, 0.1) is 13.8 Å². The molecule has 0 radical (unpaired) electrons.